The van der Waals surface area contributed by atoms with Crippen LogP contribution in [0.2, 0.25) is 0 Å². The van der Waals surface area contributed by atoms with Gasteiger partial charge in [-0.15, -0.1) is 11.3 Å². The molecule has 0 saturated carbocycles. The molecule has 0 bridgehead atoms. The van der Waals surface area contributed by atoms with Crippen LogP contribution in [0.1, 0.15) is 5.56 Å². The minimum absolute atomic E-state index is 0.601. The van der Waals surface area contributed by atoms with Crippen molar-refractivity contribution in [1.29, 1.82) is 0 Å². The van der Waals surface area contributed by atoms with Crippen molar-refractivity contribution in [3.8, 4) is 10.6 Å². The number of aromatic amines is 1. The summed E-state index contributed by atoms with van der Waals surface area (Å²) in [6.07, 6.45) is 1.93. The van der Waals surface area contributed by atoms with Crippen molar-refractivity contribution in [2.75, 3.05) is 43.4 Å². The van der Waals surface area contributed by atoms with E-state index < -0.39 is 0 Å². The van der Waals surface area contributed by atoms with E-state index in [1.54, 1.807) is 11.3 Å². The number of aromatic nitrogens is 3. The molecule has 33 heavy (non-hydrogen) atoms. The number of anilines is 3. The summed E-state index contributed by atoms with van der Waals surface area (Å²) in [6.45, 7) is 6.38. The van der Waals surface area contributed by atoms with Gasteiger partial charge in [-0.2, -0.15) is 4.98 Å². The molecule has 0 radical (unpaired) electrons. The number of hydrogen-bond acceptors (Lipinski definition) is 6. The molecule has 0 unspecified atom stereocenters. The van der Waals surface area contributed by atoms with Gasteiger partial charge >= 0.3 is 0 Å². The fourth-order valence-electron chi connectivity index (χ4n) is 4.44. The van der Waals surface area contributed by atoms with Crippen molar-refractivity contribution in [3.63, 3.8) is 0 Å². The van der Waals surface area contributed by atoms with Gasteiger partial charge < -0.3 is 20.1 Å². The lowest BCUT2D eigenvalue weighted by atomic mass is 10.1. The Morgan fingerprint density at radius 3 is 2.73 bits per heavy atom. The van der Waals surface area contributed by atoms with Gasteiger partial charge in [0.1, 0.15) is 5.65 Å². The van der Waals surface area contributed by atoms with Crippen LogP contribution < -0.4 is 10.2 Å². The molecule has 7 heteroatoms. The summed E-state index contributed by atoms with van der Waals surface area (Å²) in [4.78, 5) is 18.9. The zero-order valence-corrected chi connectivity index (χ0v) is 19.6. The maximum Gasteiger partial charge on any atom is 0.229 e. The molecular weight excluding hydrogens is 428 g/mol. The molecule has 2 N–H and O–H groups in total. The van der Waals surface area contributed by atoms with E-state index in [1.165, 1.54) is 21.3 Å². The van der Waals surface area contributed by atoms with E-state index in [4.69, 9.17) is 9.97 Å². The Hall–Kier alpha value is -3.42. The van der Waals surface area contributed by atoms with Crippen LogP contribution in [0.4, 0.5) is 17.3 Å². The van der Waals surface area contributed by atoms with Gasteiger partial charge in [-0.05, 0) is 55.8 Å². The summed E-state index contributed by atoms with van der Waals surface area (Å²) < 4.78 is 1.27. The quantitative estimate of drug-likeness (QED) is 0.368. The van der Waals surface area contributed by atoms with Gasteiger partial charge in [0.15, 0.2) is 0 Å². The maximum absolute atomic E-state index is 4.96. The number of H-pyrrole nitrogens is 1. The number of nitrogens with zero attached hydrogens (tertiary/aromatic N) is 4. The Labute approximate surface area is 196 Å². The molecule has 166 valence electrons. The summed E-state index contributed by atoms with van der Waals surface area (Å²) in [6, 6.07) is 19.4. The standard InChI is InChI=1S/C26H26N6S/c1-17-6-7-22-18(14-17)15-23(33-22)24-21-8-9-27-25(21)30-26(29-24)28-19-4-3-5-20(16-19)32-12-10-31(2)11-13-32/h3-9,14-16H,10-13H2,1-2H3,(H2,27,28,29,30). The van der Waals surface area contributed by atoms with E-state index in [1.807, 2.05) is 6.20 Å². The smallest absolute Gasteiger partial charge is 0.229 e. The van der Waals surface area contributed by atoms with Crippen LogP contribution in [-0.4, -0.2) is 53.1 Å². The Balaban J connectivity index is 1.35. The number of rotatable bonds is 4. The molecule has 6 nitrogen and oxygen atoms in total. The summed E-state index contributed by atoms with van der Waals surface area (Å²) in [5, 5.41) is 5.75. The first-order valence-electron chi connectivity index (χ1n) is 11.3. The number of hydrogen-bond donors (Lipinski definition) is 2. The lowest BCUT2D eigenvalue weighted by Gasteiger charge is -2.34. The van der Waals surface area contributed by atoms with Crippen LogP contribution in [0.3, 0.4) is 0 Å². The molecule has 4 heterocycles. The van der Waals surface area contributed by atoms with Crippen molar-refractivity contribution < 1.29 is 0 Å². The Morgan fingerprint density at radius 1 is 0.970 bits per heavy atom. The molecule has 3 aromatic heterocycles. The van der Waals surface area contributed by atoms with Gasteiger partial charge in [-0.3, -0.25) is 0 Å². The van der Waals surface area contributed by atoms with Crippen LogP contribution >= 0.6 is 11.3 Å². The van der Waals surface area contributed by atoms with Crippen LogP contribution in [0.5, 0.6) is 0 Å². The number of nitrogens with one attached hydrogen (secondary N) is 2. The molecule has 2 aromatic carbocycles. The summed E-state index contributed by atoms with van der Waals surface area (Å²) >= 11 is 1.77. The second-order valence-corrected chi connectivity index (χ2v) is 9.84. The number of thiophene rings is 1. The number of piperazine rings is 1. The minimum Gasteiger partial charge on any atom is -0.369 e. The fraction of sp³-hybridized carbons (Fsp3) is 0.231. The van der Waals surface area contributed by atoms with Crippen molar-refractivity contribution in [2.24, 2.45) is 0 Å². The van der Waals surface area contributed by atoms with E-state index >= 15 is 0 Å². The SMILES string of the molecule is Cc1ccc2sc(-c3nc(Nc4cccc(N5CCN(C)CC5)c4)nc4[nH]ccc34)cc2c1. The normalized spacial score (nSPS) is 14.9. The predicted molar refractivity (Wildman–Crippen MR) is 139 cm³/mol. The van der Waals surface area contributed by atoms with Gasteiger partial charge in [-0.25, -0.2) is 4.98 Å². The van der Waals surface area contributed by atoms with E-state index in [0.717, 1.165) is 53.5 Å². The molecule has 1 aliphatic heterocycles. The van der Waals surface area contributed by atoms with Crippen LogP contribution in [-0.2, 0) is 0 Å². The average Bonchev–Trinajstić information content (AvgIpc) is 3.46. The highest BCUT2D eigenvalue weighted by molar-refractivity contribution is 7.22. The predicted octanol–water partition coefficient (Wildman–Crippen LogP) is 5.64. The molecular formula is C26H26N6S. The van der Waals surface area contributed by atoms with Gasteiger partial charge in [0, 0.05) is 53.8 Å². The number of aryl methyl sites for hydroxylation is 1. The number of likely N-dealkylation sites (N-methyl/N-ethyl adjacent to an activating group) is 1. The van der Waals surface area contributed by atoms with Gasteiger partial charge in [0.25, 0.3) is 0 Å². The highest BCUT2D eigenvalue weighted by atomic mass is 32.1. The number of fused-ring (bicyclic) bond motifs is 2. The van der Waals surface area contributed by atoms with E-state index in [-0.39, 0.29) is 0 Å². The van der Waals surface area contributed by atoms with Gasteiger partial charge in [-0.1, -0.05) is 23.8 Å². The summed E-state index contributed by atoms with van der Waals surface area (Å²) in [7, 11) is 2.18. The van der Waals surface area contributed by atoms with Gasteiger partial charge in [0.2, 0.25) is 5.95 Å². The van der Waals surface area contributed by atoms with E-state index in [2.05, 4.69) is 88.7 Å². The average molecular weight is 455 g/mol. The molecule has 0 atom stereocenters. The van der Waals surface area contributed by atoms with E-state index in [0.29, 0.717) is 5.95 Å². The van der Waals surface area contributed by atoms with Crippen molar-refractivity contribution in [3.05, 3.63) is 66.4 Å². The second-order valence-electron chi connectivity index (χ2n) is 8.75. The first-order valence-corrected chi connectivity index (χ1v) is 12.1. The largest absolute Gasteiger partial charge is 0.369 e. The molecule has 5 aromatic rings. The molecule has 0 amide bonds. The van der Waals surface area contributed by atoms with Crippen LogP contribution in [0.15, 0.2) is 60.8 Å². The highest BCUT2D eigenvalue weighted by Gasteiger charge is 2.16. The van der Waals surface area contributed by atoms with Crippen molar-refractivity contribution in [2.45, 2.75) is 6.92 Å². The van der Waals surface area contributed by atoms with Crippen LogP contribution in [0, 0.1) is 6.92 Å². The zero-order valence-electron chi connectivity index (χ0n) is 18.8. The van der Waals surface area contributed by atoms with Gasteiger partial charge in [0.05, 0.1) is 10.6 Å². The third-order valence-corrected chi connectivity index (χ3v) is 7.41. The summed E-state index contributed by atoms with van der Waals surface area (Å²) in [5.74, 6) is 0.601. The number of benzene rings is 2. The molecule has 0 aliphatic carbocycles. The molecule has 0 spiro atoms. The second kappa shape index (κ2) is 8.17. The highest BCUT2D eigenvalue weighted by Crippen LogP contribution is 2.37. The lowest BCUT2D eigenvalue weighted by molar-refractivity contribution is 0.313. The lowest BCUT2D eigenvalue weighted by Crippen LogP contribution is -2.44. The molecule has 1 saturated heterocycles. The first-order chi connectivity index (χ1) is 16.1. The van der Waals surface area contributed by atoms with E-state index in [9.17, 15) is 0 Å². The fourth-order valence-corrected chi connectivity index (χ4v) is 5.49. The Morgan fingerprint density at radius 2 is 1.85 bits per heavy atom. The zero-order chi connectivity index (χ0) is 22.4. The third-order valence-electron chi connectivity index (χ3n) is 6.29. The molecule has 6 rings (SSSR count). The van der Waals surface area contributed by atoms with Crippen LogP contribution in [0.25, 0.3) is 31.7 Å². The maximum atomic E-state index is 4.96. The molecule has 1 fully saturated rings. The summed E-state index contributed by atoms with van der Waals surface area (Å²) in [5.41, 5.74) is 5.29. The third kappa shape index (κ3) is 3.94. The van der Waals surface area contributed by atoms with Crippen molar-refractivity contribution in [1.82, 2.24) is 19.9 Å². The Bertz CT molecular complexity index is 1440. The van der Waals surface area contributed by atoms with Crippen molar-refractivity contribution >= 4 is 49.8 Å². The molecule has 1 aliphatic rings. The monoisotopic (exact) mass is 454 g/mol. The minimum atomic E-state index is 0.601. The first kappa shape index (κ1) is 20.2. The Kier molecular flexibility index (Phi) is 5.00. The topological polar surface area (TPSA) is 60.1 Å².